The molecule has 1 aromatic carbocycles. The molecule has 3 saturated heterocycles. The van der Waals surface area contributed by atoms with Crippen molar-refractivity contribution in [1.82, 2.24) is 15.5 Å². The number of nitrogens with one attached hydrogen (secondary N) is 2. The molecule has 0 aromatic heterocycles. The Bertz CT molecular complexity index is 802. The Kier molecular flexibility index (Phi) is 4.60. The van der Waals surface area contributed by atoms with Gasteiger partial charge >= 0.3 is 0 Å². The predicted molar refractivity (Wildman–Crippen MR) is 102 cm³/mol. The summed E-state index contributed by atoms with van der Waals surface area (Å²) in [5.74, 6) is 0.701. The molecule has 3 unspecified atom stereocenters. The lowest BCUT2D eigenvalue weighted by Gasteiger charge is -2.29. The second-order valence-electron chi connectivity index (χ2n) is 7.82. The van der Waals surface area contributed by atoms with Gasteiger partial charge in [0, 0.05) is 50.4 Å². The van der Waals surface area contributed by atoms with E-state index in [9.17, 15) is 14.4 Å². The maximum atomic E-state index is 12.8. The van der Waals surface area contributed by atoms with Gasteiger partial charge in [-0.05, 0) is 42.0 Å². The molecular formula is C19H23ClN4O3. The van der Waals surface area contributed by atoms with Gasteiger partial charge in [-0.2, -0.15) is 0 Å². The van der Waals surface area contributed by atoms with Crippen LogP contribution >= 0.6 is 12.4 Å². The fraction of sp³-hybridized carbons (Fsp3) is 0.526. The number of imide groups is 1. The quantitative estimate of drug-likeness (QED) is 0.720. The lowest BCUT2D eigenvalue weighted by molar-refractivity contribution is -0.136. The van der Waals surface area contributed by atoms with Crippen molar-refractivity contribution in [2.45, 2.75) is 25.4 Å². The standard InChI is InChI=1S/C19H22N4O3.ClH/c24-17-4-3-16(18(25)21-17)23-10-11-5-14(1-2-15(11)19(23)26)22-8-12-6-20-7-13(12)9-22;/h1-2,5,12-13,16,20H,3-4,6-10H2,(H,21,24,25);1H. The molecule has 0 saturated carbocycles. The second kappa shape index (κ2) is 6.80. The van der Waals surface area contributed by atoms with Crippen LogP contribution in [0.1, 0.15) is 28.8 Å². The van der Waals surface area contributed by atoms with Crippen molar-refractivity contribution in [3.8, 4) is 0 Å². The fourth-order valence-corrected chi connectivity index (χ4v) is 4.82. The molecular weight excluding hydrogens is 368 g/mol. The predicted octanol–water partition coefficient (Wildman–Crippen LogP) is 0.525. The Labute approximate surface area is 163 Å². The van der Waals surface area contributed by atoms with Gasteiger partial charge in [-0.1, -0.05) is 0 Å². The number of fused-ring (bicyclic) bond motifs is 2. The van der Waals surface area contributed by atoms with Crippen LogP contribution in [0, 0.1) is 11.8 Å². The van der Waals surface area contributed by atoms with Crippen LogP contribution in [0.5, 0.6) is 0 Å². The third-order valence-corrected chi connectivity index (χ3v) is 6.26. The highest BCUT2D eigenvalue weighted by Gasteiger charge is 2.40. The Balaban J connectivity index is 0.00000180. The average molecular weight is 391 g/mol. The van der Waals surface area contributed by atoms with Crippen molar-refractivity contribution >= 4 is 35.8 Å². The zero-order chi connectivity index (χ0) is 17.8. The molecule has 144 valence electrons. The summed E-state index contributed by atoms with van der Waals surface area (Å²) in [6.45, 7) is 4.74. The van der Waals surface area contributed by atoms with E-state index in [1.807, 2.05) is 12.1 Å². The molecule has 27 heavy (non-hydrogen) atoms. The summed E-state index contributed by atoms with van der Waals surface area (Å²) in [4.78, 5) is 40.3. The van der Waals surface area contributed by atoms with Crippen LogP contribution in [0.3, 0.4) is 0 Å². The minimum atomic E-state index is -0.548. The number of nitrogens with zero attached hydrogens (tertiary/aromatic N) is 2. The summed E-state index contributed by atoms with van der Waals surface area (Å²) < 4.78 is 0. The fourth-order valence-electron chi connectivity index (χ4n) is 4.82. The van der Waals surface area contributed by atoms with Crippen molar-refractivity contribution in [3.05, 3.63) is 29.3 Å². The molecule has 3 fully saturated rings. The number of carbonyl (C=O) groups is 3. The summed E-state index contributed by atoms with van der Waals surface area (Å²) in [7, 11) is 0. The van der Waals surface area contributed by atoms with E-state index in [2.05, 4.69) is 21.6 Å². The van der Waals surface area contributed by atoms with E-state index in [1.54, 1.807) is 4.90 Å². The second-order valence-corrected chi connectivity index (χ2v) is 7.82. The molecule has 0 aliphatic carbocycles. The van der Waals surface area contributed by atoms with Crippen LogP contribution in [0.15, 0.2) is 18.2 Å². The van der Waals surface area contributed by atoms with Gasteiger partial charge in [-0.3, -0.25) is 19.7 Å². The van der Waals surface area contributed by atoms with Gasteiger partial charge in [0.15, 0.2) is 0 Å². The molecule has 5 rings (SSSR count). The first-order valence-corrected chi connectivity index (χ1v) is 9.33. The highest BCUT2D eigenvalue weighted by molar-refractivity contribution is 6.05. The number of amides is 3. The Morgan fingerprint density at radius 2 is 1.78 bits per heavy atom. The van der Waals surface area contributed by atoms with Crippen LogP contribution in [0.4, 0.5) is 5.69 Å². The lowest BCUT2D eigenvalue weighted by Crippen LogP contribution is -2.52. The molecule has 4 aliphatic heterocycles. The Morgan fingerprint density at radius 3 is 2.48 bits per heavy atom. The molecule has 3 atom stereocenters. The highest BCUT2D eigenvalue weighted by Crippen LogP contribution is 2.34. The molecule has 0 spiro atoms. The number of hydrogen-bond donors (Lipinski definition) is 2. The minimum absolute atomic E-state index is 0. The molecule has 8 heteroatoms. The number of halogens is 1. The summed E-state index contributed by atoms with van der Waals surface area (Å²) in [6, 6.07) is 5.48. The summed E-state index contributed by atoms with van der Waals surface area (Å²) in [5.41, 5.74) is 2.82. The molecule has 1 aromatic rings. The van der Waals surface area contributed by atoms with Crippen LogP contribution in [0.2, 0.25) is 0 Å². The summed E-state index contributed by atoms with van der Waals surface area (Å²) in [6.07, 6.45) is 0.687. The normalized spacial score (nSPS) is 29.5. The zero-order valence-corrected chi connectivity index (χ0v) is 15.8. The van der Waals surface area contributed by atoms with E-state index < -0.39 is 6.04 Å². The number of anilines is 1. The lowest BCUT2D eigenvalue weighted by atomic mass is 10.0. The summed E-state index contributed by atoms with van der Waals surface area (Å²) in [5, 5.41) is 5.80. The third-order valence-electron chi connectivity index (χ3n) is 6.26. The molecule has 0 radical (unpaired) electrons. The molecule has 7 nitrogen and oxygen atoms in total. The van der Waals surface area contributed by atoms with Crippen LogP contribution in [-0.4, -0.2) is 54.8 Å². The van der Waals surface area contributed by atoms with E-state index in [-0.39, 0.29) is 36.5 Å². The van der Waals surface area contributed by atoms with Gasteiger partial charge < -0.3 is 15.1 Å². The average Bonchev–Trinajstić information content (AvgIpc) is 3.28. The Morgan fingerprint density at radius 1 is 1.04 bits per heavy atom. The number of benzene rings is 1. The van der Waals surface area contributed by atoms with E-state index >= 15 is 0 Å². The van der Waals surface area contributed by atoms with Gasteiger partial charge in [0.1, 0.15) is 6.04 Å². The number of rotatable bonds is 2. The maximum Gasteiger partial charge on any atom is 0.255 e. The molecule has 0 bridgehead atoms. The van der Waals surface area contributed by atoms with Gasteiger partial charge in [0.05, 0.1) is 0 Å². The zero-order valence-electron chi connectivity index (χ0n) is 14.9. The van der Waals surface area contributed by atoms with Gasteiger partial charge in [0.25, 0.3) is 5.91 Å². The molecule has 4 heterocycles. The number of hydrogen-bond acceptors (Lipinski definition) is 5. The minimum Gasteiger partial charge on any atom is -0.371 e. The first kappa shape index (κ1) is 18.3. The van der Waals surface area contributed by atoms with Crippen LogP contribution < -0.4 is 15.5 Å². The van der Waals surface area contributed by atoms with Gasteiger partial charge in [0.2, 0.25) is 11.8 Å². The van der Waals surface area contributed by atoms with Gasteiger partial charge in [-0.15, -0.1) is 12.4 Å². The van der Waals surface area contributed by atoms with Crippen molar-refractivity contribution in [2.75, 3.05) is 31.1 Å². The molecule has 4 aliphatic rings. The third kappa shape index (κ3) is 2.99. The smallest absolute Gasteiger partial charge is 0.255 e. The first-order valence-electron chi connectivity index (χ1n) is 9.33. The Hall–Kier alpha value is -2.12. The van der Waals surface area contributed by atoms with E-state index in [0.29, 0.717) is 30.4 Å². The summed E-state index contributed by atoms with van der Waals surface area (Å²) >= 11 is 0. The number of carbonyl (C=O) groups excluding carboxylic acids is 3. The monoisotopic (exact) mass is 390 g/mol. The maximum absolute atomic E-state index is 12.8. The largest absolute Gasteiger partial charge is 0.371 e. The SMILES string of the molecule is Cl.O=C1CCC(N2Cc3cc(N4CC5CNCC5C4)ccc3C2=O)C(=O)N1. The van der Waals surface area contributed by atoms with Crippen LogP contribution in [0.25, 0.3) is 0 Å². The van der Waals surface area contributed by atoms with Crippen molar-refractivity contribution in [3.63, 3.8) is 0 Å². The van der Waals surface area contributed by atoms with E-state index in [1.165, 1.54) is 0 Å². The van der Waals surface area contributed by atoms with E-state index in [4.69, 9.17) is 0 Å². The van der Waals surface area contributed by atoms with E-state index in [0.717, 1.165) is 37.4 Å². The number of piperidine rings is 1. The molecule has 3 amide bonds. The van der Waals surface area contributed by atoms with Crippen molar-refractivity contribution in [1.29, 1.82) is 0 Å². The van der Waals surface area contributed by atoms with Crippen molar-refractivity contribution < 1.29 is 14.4 Å². The highest BCUT2D eigenvalue weighted by atomic mass is 35.5. The van der Waals surface area contributed by atoms with Crippen molar-refractivity contribution in [2.24, 2.45) is 11.8 Å². The van der Waals surface area contributed by atoms with Crippen LogP contribution in [-0.2, 0) is 16.1 Å². The first-order chi connectivity index (χ1) is 12.6. The van der Waals surface area contributed by atoms with Gasteiger partial charge in [-0.25, -0.2) is 0 Å². The molecule has 2 N–H and O–H groups in total. The topological polar surface area (TPSA) is 81.8 Å².